The van der Waals surface area contributed by atoms with Crippen LogP contribution in [0.4, 0.5) is 0 Å². The zero-order valence-electron chi connectivity index (χ0n) is 10.6. The normalized spacial score (nSPS) is 12.0. The van der Waals surface area contributed by atoms with Gasteiger partial charge < -0.3 is 15.4 Å². The van der Waals surface area contributed by atoms with Gasteiger partial charge in [0.05, 0.1) is 13.0 Å². The Hall–Kier alpha value is -1.55. The van der Waals surface area contributed by atoms with Gasteiger partial charge in [-0.25, -0.2) is 0 Å². The summed E-state index contributed by atoms with van der Waals surface area (Å²) in [6, 6.07) is 7.70. The maximum atomic E-state index is 11.9. The van der Waals surface area contributed by atoms with Crippen LogP contribution in [0.2, 0.25) is 0 Å². The Morgan fingerprint density at radius 2 is 2.06 bits per heavy atom. The quantitative estimate of drug-likeness (QED) is 0.826. The van der Waals surface area contributed by atoms with E-state index in [9.17, 15) is 4.79 Å². The highest BCUT2D eigenvalue weighted by molar-refractivity contribution is 5.79. The molecule has 1 aromatic rings. The van der Waals surface area contributed by atoms with Gasteiger partial charge in [0, 0.05) is 20.6 Å². The lowest BCUT2D eigenvalue weighted by atomic mass is 9.97. The Labute approximate surface area is 102 Å². The second-order valence-corrected chi connectivity index (χ2v) is 4.18. The first-order valence-corrected chi connectivity index (χ1v) is 5.63. The standard InChI is InChI=1S/C13H20N2O2/c1-15(2)13(16)11(9-14)8-10-6-4-5-7-12(10)17-3/h4-7,11H,8-9,14H2,1-3H3. The summed E-state index contributed by atoms with van der Waals surface area (Å²) >= 11 is 0. The number of ether oxygens (including phenoxy) is 1. The Morgan fingerprint density at radius 3 is 2.59 bits per heavy atom. The molecule has 0 aliphatic rings. The molecule has 0 radical (unpaired) electrons. The third-order valence-electron chi connectivity index (χ3n) is 2.73. The van der Waals surface area contributed by atoms with Crippen LogP contribution >= 0.6 is 0 Å². The summed E-state index contributed by atoms with van der Waals surface area (Å²) in [5.74, 6) is 0.664. The molecule has 4 heteroatoms. The van der Waals surface area contributed by atoms with Crippen LogP contribution in [0.15, 0.2) is 24.3 Å². The second kappa shape index (κ2) is 6.25. The third kappa shape index (κ3) is 3.46. The topological polar surface area (TPSA) is 55.6 Å². The van der Waals surface area contributed by atoms with Gasteiger partial charge in [-0.15, -0.1) is 0 Å². The van der Waals surface area contributed by atoms with Crippen LogP contribution in [-0.4, -0.2) is 38.6 Å². The maximum Gasteiger partial charge on any atom is 0.226 e. The van der Waals surface area contributed by atoms with E-state index in [0.29, 0.717) is 13.0 Å². The molecule has 1 amide bonds. The van der Waals surface area contributed by atoms with Crippen molar-refractivity contribution in [2.45, 2.75) is 6.42 Å². The van der Waals surface area contributed by atoms with Gasteiger partial charge in [0.1, 0.15) is 5.75 Å². The van der Waals surface area contributed by atoms with Gasteiger partial charge in [0.15, 0.2) is 0 Å². The van der Waals surface area contributed by atoms with E-state index in [1.807, 2.05) is 24.3 Å². The van der Waals surface area contributed by atoms with Gasteiger partial charge >= 0.3 is 0 Å². The van der Waals surface area contributed by atoms with Crippen molar-refractivity contribution in [3.8, 4) is 5.75 Å². The molecule has 94 valence electrons. The number of para-hydroxylation sites is 1. The van der Waals surface area contributed by atoms with Crippen molar-refractivity contribution in [1.82, 2.24) is 4.90 Å². The Balaban J connectivity index is 2.84. The van der Waals surface area contributed by atoms with E-state index in [1.54, 1.807) is 26.1 Å². The van der Waals surface area contributed by atoms with E-state index < -0.39 is 0 Å². The number of amides is 1. The molecule has 0 aliphatic heterocycles. The average Bonchev–Trinajstić information content (AvgIpc) is 2.35. The fourth-order valence-electron chi connectivity index (χ4n) is 1.77. The molecule has 0 aromatic heterocycles. The lowest BCUT2D eigenvalue weighted by Crippen LogP contribution is -2.35. The molecule has 1 unspecified atom stereocenters. The molecule has 0 bridgehead atoms. The Morgan fingerprint density at radius 1 is 1.41 bits per heavy atom. The number of hydrogen-bond acceptors (Lipinski definition) is 3. The molecule has 1 aromatic carbocycles. The molecule has 0 fully saturated rings. The van der Waals surface area contributed by atoms with E-state index in [0.717, 1.165) is 11.3 Å². The van der Waals surface area contributed by atoms with Crippen LogP contribution in [-0.2, 0) is 11.2 Å². The number of carbonyl (C=O) groups is 1. The summed E-state index contributed by atoms with van der Waals surface area (Å²) in [4.78, 5) is 13.5. The van der Waals surface area contributed by atoms with E-state index in [1.165, 1.54) is 0 Å². The number of nitrogens with two attached hydrogens (primary N) is 1. The molecule has 0 spiro atoms. The summed E-state index contributed by atoms with van der Waals surface area (Å²) in [6.45, 7) is 0.342. The van der Waals surface area contributed by atoms with Crippen LogP contribution in [0, 0.1) is 5.92 Å². The smallest absolute Gasteiger partial charge is 0.226 e. The van der Waals surface area contributed by atoms with Gasteiger partial charge in [-0.1, -0.05) is 18.2 Å². The van der Waals surface area contributed by atoms with Crippen LogP contribution in [0.25, 0.3) is 0 Å². The first-order valence-electron chi connectivity index (χ1n) is 5.63. The molecule has 17 heavy (non-hydrogen) atoms. The van der Waals surface area contributed by atoms with Crippen molar-refractivity contribution >= 4 is 5.91 Å². The summed E-state index contributed by atoms with van der Waals surface area (Å²) in [5.41, 5.74) is 6.68. The van der Waals surface area contributed by atoms with E-state index in [4.69, 9.17) is 10.5 Å². The van der Waals surface area contributed by atoms with Crippen LogP contribution in [0.5, 0.6) is 5.75 Å². The summed E-state index contributed by atoms with van der Waals surface area (Å²) in [6.07, 6.45) is 0.609. The third-order valence-corrected chi connectivity index (χ3v) is 2.73. The highest BCUT2D eigenvalue weighted by Gasteiger charge is 2.20. The van der Waals surface area contributed by atoms with Gasteiger partial charge in [-0.05, 0) is 18.1 Å². The van der Waals surface area contributed by atoms with Crippen LogP contribution in [0.3, 0.4) is 0 Å². The predicted octanol–water partition coefficient (Wildman–Crippen LogP) is 0.901. The minimum absolute atomic E-state index is 0.0541. The highest BCUT2D eigenvalue weighted by atomic mass is 16.5. The molecule has 0 heterocycles. The molecular formula is C13H20N2O2. The number of hydrogen-bond donors (Lipinski definition) is 1. The van der Waals surface area contributed by atoms with E-state index in [2.05, 4.69) is 0 Å². The van der Waals surface area contributed by atoms with Crippen LogP contribution < -0.4 is 10.5 Å². The molecule has 1 rings (SSSR count). The summed E-state index contributed by atoms with van der Waals surface area (Å²) < 4.78 is 5.27. The van der Waals surface area contributed by atoms with Crippen molar-refractivity contribution in [3.05, 3.63) is 29.8 Å². The Kier molecular flexibility index (Phi) is 4.97. The van der Waals surface area contributed by atoms with Gasteiger partial charge in [-0.2, -0.15) is 0 Å². The van der Waals surface area contributed by atoms with Crippen molar-refractivity contribution in [2.75, 3.05) is 27.7 Å². The van der Waals surface area contributed by atoms with Gasteiger partial charge in [-0.3, -0.25) is 4.79 Å². The summed E-state index contributed by atoms with van der Waals surface area (Å²) in [5, 5.41) is 0. The van der Waals surface area contributed by atoms with E-state index >= 15 is 0 Å². The second-order valence-electron chi connectivity index (χ2n) is 4.18. The number of nitrogens with zero attached hydrogens (tertiary/aromatic N) is 1. The van der Waals surface area contributed by atoms with Gasteiger partial charge in [0.25, 0.3) is 0 Å². The minimum atomic E-state index is -0.193. The zero-order valence-corrected chi connectivity index (χ0v) is 10.6. The first-order chi connectivity index (χ1) is 8.10. The minimum Gasteiger partial charge on any atom is -0.496 e. The lowest BCUT2D eigenvalue weighted by Gasteiger charge is -2.20. The number of carbonyl (C=O) groups excluding carboxylic acids is 1. The zero-order chi connectivity index (χ0) is 12.8. The number of methoxy groups -OCH3 is 1. The first kappa shape index (κ1) is 13.5. The van der Waals surface area contributed by atoms with Crippen molar-refractivity contribution in [3.63, 3.8) is 0 Å². The van der Waals surface area contributed by atoms with Gasteiger partial charge in [0.2, 0.25) is 5.91 Å². The molecule has 4 nitrogen and oxygen atoms in total. The SMILES string of the molecule is COc1ccccc1CC(CN)C(=O)N(C)C. The predicted molar refractivity (Wildman–Crippen MR) is 67.9 cm³/mol. The van der Waals surface area contributed by atoms with Crippen molar-refractivity contribution < 1.29 is 9.53 Å². The molecule has 2 N–H and O–H groups in total. The van der Waals surface area contributed by atoms with Crippen LogP contribution in [0.1, 0.15) is 5.56 Å². The monoisotopic (exact) mass is 236 g/mol. The molecule has 0 aliphatic carbocycles. The maximum absolute atomic E-state index is 11.9. The molecule has 0 saturated carbocycles. The van der Waals surface area contributed by atoms with E-state index in [-0.39, 0.29) is 11.8 Å². The summed E-state index contributed by atoms with van der Waals surface area (Å²) in [7, 11) is 5.12. The van der Waals surface area contributed by atoms with Crippen molar-refractivity contribution in [1.29, 1.82) is 0 Å². The fraction of sp³-hybridized carbons (Fsp3) is 0.462. The lowest BCUT2D eigenvalue weighted by molar-refractivity contribution is -0.132. The average molecular weight is 236 g/mol. The molecule has 1 atom stereocenters. The molecular weight excluding hydrogens is 216 g/mol. The Bertz CT molecular complexity index is 377. The largest absolute Gasteiger partial charge is 0.496 e. The highest BCUT2D eigenvalue weighted by Crippen LogP contribution is 2.21. The fourth-order valence-corrected chi connectivity index (χ4v) is 1.77. The number of benzene rings is 1. The number of rotatable bonds is 5. The van der Waals surface area contributed by atoms with Crippen molar-refractivity contribution in [2.24, 2.45) is 11.7 Å². The molecule has 0 saturated heterocycles.